The minimum atomic E-state index is -0.584. The SMILES string of the molecule is O=C1C(Cl)C(c2ccccc2)N1c1ccc(N=Nc2ccc([N+](=O)[O-])cc2)cc1. The number of amides is 1. The van der Waals surface area contributed by atoms with Crippen LogP contribution >= 0.6 is 11.6 Å². The van der Waals surface area contributed by atoms with Crippen molar-refractivity contribution in [3.63, 3.8) is 0 Å². The average molecular weight is 407 g/mol. The topological polar surface area (TPSA) is 88.2 Å². The van der Waals surface area contributed by atoms with Crippen LogP contribution in [0.5, 0.6) is 0 Å². The second-order valence-corrected chi connectivity index (χ2v) is 6.93. The Labute approximate surface area is 171 Å². The summed E-state index contributed by atoms with van der Waals surface area (Å²) in [6.45, 7) is 0. The lowest BCUT2D eigenvalue weighted by molar-refractivity contribution is -0.384. The molecule has 0 N–H and O–H groups in total. The largest absolute Gasteiger partial charge is 0.302 e. The molecular formula is C21H15ClN4O3. The van der Waals surface area contributed by atoms with Gasteiger partial charge in [0, 0.05) is 17.8 Å². The van der Waals surface area contributed by atoms with Crippen LogP contribution in [0.2, 0.25) is 0 Å². The van der Waals surface area contributed by atoms with Crippen molar-refractivity contribution in [2.24, 2.45) is 10.2 Å². The van der Waals surface area contributed by atoms with Crippen LogP contribution in [0.25, 0.3) is 0 Å². The number of nitrogens with zero attached hydrogens (tertiary/aromatic N) is 4. The molecule has 7 nitrogen and oxygen atoms in total. The fourth-order valence-electron chi connectivity index (χ4n) is 3.15. The third-order valence-corrected chi connectivity index (χ3v) is 5.06. The van der Waals surface area contributed by atoms with E-state index in [-0.39, 0.29) is 17.6 Å². The normalized spacial score (nSPS) is 18.7. The van der Waals surface area contributed by atoms with Gasteiger partial charge in [0.1, 0.15) is 5.38 Å². The Bertz CT molecular complexity index is 1070. The van der Waals surface area contributed by atoms with E-state index in [0.717, 1.165) is 11.3 Å². The monoisotopic (exact) mass is 406 g/mol. The zero-order valence-electron chi connectivity index (χ0n) is 15.1. The maximum absolute atomic E-state index is 12.3. The number of β-lactam (4-membered cyclic amide) rings is 1. The van der Waals surface area contributed by atoms with E-state index in [4.69, 9.17) is 11.6 Å². The summed E-state index contributed by atoms with van der Waals surface area (Å²) in [5, 5.41) is 18.3. The first-order chi connectivity index (χ1) is 14.0. The number of nitro benzene ring substituents is 1. The number of rotatable bonds is 5. The van der Waals surface area contributed by atoms with Gasteiger partial charge in [-0.3, -0.25) is 14.9 Å². The number of carbonyl (C=O) groups excluding carboxylic acids is 1. The van der Waals surface area contributed by atoms with E-state index in [0.29, 0.717) is 11.4 Å². The van der Waals surface area contributed by atoms with Crippen molar-refractivity contribution in [1.29, 1.82) is 0 Å². The zero-order valence-corrected chi connectivity index (χ0v) is 15.8. The first kappa shape index (κ1) is 18.8. The number of anilines is 1. The Kier molecular flexibility index (Phi) is 5.05. The van der Waals surface area contributed by atoms with Gasteiger partial charge in [0.2, 0.25) is 5.91 Å². The Morgan fingerprint density at radius 1 is 0.862 bits per heavy atom. The molecule has 1 aliphatic rings. The molecule has 1 aliphatic heterocycles. The maximum Gasteiger partial charge on any atom is 0.269 e. The quantitative estimate of drug-likeness (QED) is 0.179. The molecule has 0 spiro atoms. The van der Waals surface area contributed by atoms with Gasteiger partial charge < -0.3 is 4.90 Å². The highest BCUT2D eigenvalue weighted by Gasteiger charge is 2.47. The summed E-state index contributed by atoms with van der Waals surface area (Å²) in [6, 6.07) is 22.3. The van der Waals surface area contributed by atoms with Gasteiger partial charge in [0.25, 0.3) is 5.69 Å². The summed E-state index contributed by atoms with van der Waals surface area (Å²) in [6.07, 6.45) is 0. The average Bonchev–Trinajstić information content (AvgIpc) is 2.76. The highest BCUT2D eigenvalue weighted by atomic mass is 35.5. The van der Waals surface area contributed by atoms with Crippen LogP contribution in [0.3, 0.4) is 0 Å². The molecule has 1 saturated heterocycles. The van der Waals surface area contributed by atoms with Crippen LogP contribution in [0, 0.1) is 10.1 Å². The van der Waals surface area contributed by atoms with Crippen molar-refractivity contribution < 1.29 is 9.72 Å². The van der Waals surface area contributed by atoms with Crippen molar-refractivity contribution in [3.05, 3.63) is 94.5 Å². The standard InChI is InChI=1S/C21H15ClN4O3/c22-19-20(14-4-2-1-3-5-14)25(21(19)27)17-10-6-15(7-11-17)23-24-16-8-12-18(13-9-16)26(28)29/h1-13,19-20H. The second kappa shape index (κ2) is 7.81. The summed E-state index contributed by atoms with van der Waals surface area (Å²) in [5.74, 6) is -0.138. The number of nitro groups is 1. The Morgan fingerprint density at radius 2 is 1.41 bits per heavy atom. The molecule has 4 rings (SSSR count). The predicted octanol–water partition coefficient (Wildman–Crippen LogP) is 5.71. The highest BCUT2D eigenvalue weighted by Crippen LogP contribution is 2.42. The number of alkyl halides is 1. The molecule has 29 heavy (non-hydrogen) atoms. The lowest BCUT2D eigenvalue weighted by Gasteiger charge is -2.44. The molecule has 0 aromatic heterocycles. The Balaban J connectivity index is 1.50. The lowest BCUT2D eigenvalue weighted by Crippen LogP contribution is -2.56. The molecule has 3 aromatic carbocycles. The van der Waals surface area contributed by atoms with Crippen molar-refractivity contribution in [2.45, 2.75) is 11.4 Å². The number of carbonyl (C=O) groups is 1. The summed E-state index contributed by atoms with van der Waals surface area (Å²) >= 11 is 6.26. The van der Waals surface area contributed by atoms with Gasteiger partial charge in [0.15, 0.2) is 0 Å². The van der Waals surface area contributed by atoms with Gasteiger partial charge in [-0.1, -0.05) is 30.3 Å². The van der Waals surface area contributed by atoms with E-state index < -0.39 is 10.3 Å². The smallest absolute Gasteiger partial charge is 0.269 e. The van der Waals surface area contributed by atoms with Crippen molar-refractivity contribution >= 4 is 40.3 Å². The molecule has 2 atom stereocenters. The molecule has 144 valence electrons. The van der Waals surface area contributed by atoms with E-state index in [9.17, 15) is 14.9 Å². The number of azo groups is 1. The summed E-state index contributed by atoms with van der Waals surface area (Å²) in [5.41, 5.74) is 2.81. The summed E-state index contributed by atoms with van der Waals surface area (Å²) in [7, 11) is 0. The van der Waals surface area contributed by atoms with Crippen molar-refractivity contribution in [2.75, 3.05) is 4.90 Å². The van der Waals surface area contributed by atoms with E-state index in [2.05, 4.69) is 10.2 Å². The third-order valence-electron chi connectivity index (χ3n) is 4.64. The predicted molar refractivity (Wildman–Crippen MR) is 110 cm³/mol. The number of non-ortho nitro benzene ring substituents is 1. The van der Waals surface area contributed by atoms with Gasteiger partial charge in [-0.25, -0.2) is 0 Å². The maximum atomic E-state index is 12.3. The lowest BCUT2D eigenvalue weighted by atomic mass is 9.92. The van der Waals surface area contributed by atoms with E-state index in [1.807, 2.05) is 30.3 Å². The summed E-state index contributed by atoms with van der Waals surface area (Å²) in [4.78, 5) is 24.2. The molecule has 0 radical (unpaired) electrons. The third kappa shape index (κ3) is 3.72. The number of halogens is 1. The van der Waals surface area contributed by atoms with Crippen LogP contribution in [0.1, 0.15) is 11.6 Å². The molecule has 0 saturated carbocycles. The molecular weight excluding hydrogens is 392 g/mol. The molecule has 1 fully saturated rings. The van der Waals surface area contributed by atoms with Gasteiger partial charge >= 0.3 is 0 Å². The van der Waals surface area contributed by atoms with Gasteiger partial charge in [-0.15, -0.1) is 11.6 Å². The second-order valence-electron chi connectivity index (χ2n) is 6.46. The van der Waals surface area contributed by atoms with Crippen molar-refractivity contribution in [1.82, 2.24) is 0 Å². The molecule has 8 heteroatoms. The molecule has 1 heterocycles. The van der Waals surface area contributed by atoms with Crippen LogP contribution < -0.4 is 4.90 Å². The van der Waals surface area contributed by atoms with Crippen molar-refractivity contribution in [3.8, 4) is 0 Å². The Hall–Kier alpha value is -3.58. The number of benzene rings is 3. The van der Waals surface area contributed by atoms with Gasteiger partial charge in [-0.05, 0) is 42.0 Å². The van der Waals surface area contributed by atoms with E-state index in [1.54, 1.807) is 29.2 Å². The molecule has 2 unspecified atom stereocenters. The molecule has 1 amide bonds. The number of hydrogen-bond acceptors (Lipinski definition) is 5. The fraction of sp³-hybridized carbons (Fsp3) is 0.0952. The van der Waals surface area contributed by atoms with Crippen LogP contribution in [-0.4, -0.2) is 16.2 Å². The Morgan fingerprint density at radius 3 is 1.97 bits per heavy atom. The van der Waals surface area contributed by atoms with Crippen LogP contribution in [-0.2, 0) is 4.79 Å². The summed E-state index contributed by atoms with van der Waals surface area (Å²) < 4.78 is 0. The molecule has 0 bridgehead atoms. The van der Waals surface area contributed by atoms with Gasteiger partial charge in [-0.2, -0.15) is 10.2 Å². The molecule has 0 aliphatic carbocycles. The minimum Gasteiger partial charge on any atom is -0.302 e. The zero-order chi connectivity index (χ0) is 20.4. The van der Waals surface area contributed by atoms with Crippen LogP contribution in [0.15, 0.2) is 89.1 Å². The van der Waals surface area contributed by atoms with E-state index >= 15 is 0 Å². The van der Waals surface area contributed by atoms with Gasteiger partial charge in [0.05, 0.1) is 22.3 Å². The first-order valence-corrected chi connectivity index (χ1v) is 9.26. The van der Waals surface area contributed by atoms with E-state index in [1.165, 1.54) is 24.3 Å². The fourth-order valence-corrected chi connectivity index (χ4v) is 3.51. The minimum absolute atomic E-state index is 0.00177. The highest BCUT2D eigenvalue weighted by molar-refractivity contribution is 6.37. The number of hydrogen-bond donors (Lipinski definition) is 0. The first-order valence-electron chi connectivity index (χ1n) is 8.83. The van der Waals surface area contributed by atoms with Crippen LogP contribution in [0.4, 0.5) is 22.7 Å². The molecule has 3 aromatic rings.